The highest BCUT2D eigenvalue weighted by atomic mass is 15.1. The fraction of sp³-hybridized carbons (Fsp3) is 0.500. The third-order valence-corrected chi connectivity index (χ3v) is 2.51. The van der Waals surface area contributed by atoms with E-state index in [1.54, 1.807) is 0 Å². The van der Waals surface area contributed by atoms with Crippen LogP contribution in [0.4, 0.5) is 0 Å². The number of rotatable bonds is 5. The van der Waals surface area contributed by atoms with Crippen LogP contribution in [0, 0.1) is 0 Å². The normalized spacial score (nSPS) is 18.9. The molecule has 0 N–H and O–H groups in total. The molecular formula is C12H19N. The minimum Gasteiger partial charge on any atom is -0.303 e. The Morgan fingerprint density at radius 2 is 1.92 bits per heavy atom. The van der Waals surface area contributed by atoms with Gasteiger partial charge in [-0.05, 0) is 37.9 Å². The van der Waals surface area contributed by atoms with Gasteiger partial charge in [0.05, 0.1) is 0 Å². The Bertz CT molecular complexity index is 197. The van der Waals surface area contributed by atoms with Crippen molar-refractivity contribution in [2.24, 2.45) is 0 Å². The lowest BCUT2D eigenvalue weighted by Crippen LogP contribution is -2.20. The quantitative estimate of drug-likeness (QED) is 0.584. The predicted octanol–water partition coefficient (Wildman–Crippen LogP) is 2.77. The zero-order valence-electron chi connectivity index (χ0n) is 8.34. The van der Waals surface area contributed by atoms with Gasteiger partial charge in [0, 0.05) is 6.54 Å². The highest BCUT2D eigenvalue weighted by Gasteiger charge is 2.10. The molecule has 0 radical (unpaired) electrons. The zero-order valence-corrected chi connectivity index (χ0v) is 8.34. The Balaban J connectivity index is 2.26. The van der Waals surface area contributed by atoms with Crippen LogP contribution in [0.25, 0.3) is 0 Å². The molecule has 1 heterocycles. The smallest absolute Gasteiger partial charge is 0.00218 e. The molecular weight excluding hydrogens is 158 g/mol. The molecule has 0 unspecified atom stereocenters. The lowest BCUT2D eigenvalue weighted by molar-refractivity contribution is 0.344. The van der Waals surface area contributed by atoms with Crippen molar-refractivity contribution >= 4 is 0 Å². The standard InChI is InChI=1S/C12H19N/c1-3-7-12(4-2)8-11-13-9-5-6-10-13/h3-4,7H,1-2,5-6,8-11H2/b12-7+. The fourth-order valence-electron chi connectivity index (χ4n) is 1.70. The van der Waals surface area contributed by atoms with Gasteiger partial charge in [0.15, 0.2) is 0 Å². The van der Waals surface area contributed by atoms with Crippen LogP contribution in [0.15, 0.2) is 37.0 Å². The van der Waals surface area contributed by atoms with Gasteiger partial charge in [0.25, 0.3) is 0 Å². The Hall–Kier alpha value is -0.820. The van der Waals surface area contributed by atoms with Gasteiger partial charge in [-0.2, -0.15) is 0 Å². The third kappa shape index (κ3) is 3.60. The van der Waals surface area contributed by atoms with Crippen molar-refractivity contribution in [3.05, 3.63) is 37.0 Å². The molecule has 0 spiro atoms. The van der Waals surface area contributed by atoms with E-state index in [1.165, 1.54) is 38.0 Å². The summed E-state index contributed by atoms with van der Waals surface area (Å²) in [6.07, 6.45) is 9.65. The molecule has 1 heteroatoms. The molecule has 0 aromatic carbocycles. The number of hydrogen-bond acceptors (Lipinski definition) is 1. The maximum absolute atomic E-state index is 3.79. The van der Waals surface area contributed by atoms with Crippen molar-refractivity contribution in [1.29, 1.82) is 0 Å². The molecule has 13 heavy (non-hydrogen) atoms. The average molecular weight is 177 g/mol. The van der Waals surface area contributed by atoms with Crippen LogP contribution in [0.2, 0.25) is 0 Å². The molecule has 0 atom stereocenters. The maximum atomic E-state index is 3.79. The van der Waals surface area contributed by atoms with Gasteiger partial charge in [0.1, 0.15) is 0 Å². The molecule has 0 saturated carbocycles. The van der Waals surface area contributed by atoms with E-state index in [4.69, 9.17) is 0 Å². The van der Waals surface area contributed by atoms with Gasteiger partial charge >= 0.3 is 0 Å². The van der Waals surface area contributed by atoms with Crippen molar-refractivity contribution in [3.63, 3.8) is 0 Å². The Morgan fingerprint density at radius 3 is 2.46 bits per heavy atom. The summed E-state index contributed by atoms with van der Waals surface area (Å²) < 4.78 is 0. The number of hydrogen-bond donors (Lipinski definition) is 0. The fourth-order valence-corrected chi connectivity index (χ4v) is 1.70. The van der Waals surface area contributed by atoms with E-state index in [-0.39, 0.29) is 0 Å². The molecule has 0 aromatic rings. The average Bonchev–Trinajstić information content (AvgIpc) is 2.64. The molecule has 0 aliphatic carbocycles. The minimum atomic E-state index is 1.11. The Kier molecular flexibility index (Phi) is 4.55. The predicted molar refractivity (Wildman–Crippen MR) is 58.8 cm³/mol. The van der Waals surface area contributed by atoms with Gasteiger partial charge in [-0.25, -0.2) is 0 Å². The van der Waals surface area contributed by atoms with Crippen LogP contribution in [0.5, 0.6) is 0 Å². The molecule has 72 valence electrons. The van der Waals surface area contributed by atoms with E-state index < -0.39 is 0 Å². The first-order chi connectivity index (χ1) is 6.36. The second-order valence-corrected chi connectivity index (χ2v) is 3.48. The maximum Gasteiger partial charge on any atom is 0.00218 e. The van der Waals surface area contributed by atoms with E-state index in [0.717, 1.165) is 6.42 Å². The van der Waals surface area contributed by atoms with Crippen molar-refractivity contribution < 1.29 is 0 Å². The lowest BCUT2D eigenvalue weighted by Gasteiger charge is -2.14. The van der Waals surface area contributed by atoms with Crippen molar-refractivity contribution in [1.82, 2.24) is 4.90 Å². The molecule has 1 saturated heterocycles. The summed E-state index contributed by atoms with van der Waals surface area (Å²) in [4.78, 5) is 2.51. The zero-order chi connectivity index (χ0) is 9.52. The van der Waals surface area contributed by atoms with Gasteiger partial charge < -0.3 is 4.90 Å². The second-order valence-electron chi connectivity index (χ2n) is 3.48. The summed E-state index contributed by atoms with van der Waals surface area (Å²) in [5.41, 5.74) is 1.29. The molecule has 1 aliphatic rings. The molecule has 1 nitrogen and oxygen atoms in total. The SMILES string of the molecule is C=C/C=C(\C=C)CCN1CCCC1. The van der Waals surface area contributed by atoms with Gasteiger partial charge in [-0.15, -0.1) is 0 Å². The van der Waals surface area contributed by atoms with E-state index in [0.29, 0.717) is 0 Å². The molecule has 1 rings (SSSR count). The first-order valence-electron chi connectivity index (χ1n) is 5.03. The first-order valence-corrected chi connectivity index (χ1v) is 5.03. The number of likely N-dealkylation sites (tertiary alicyclic amines) is 1. The van der Waals surface area contributed by atoms with Crippen LogP contribution in [0.1, 0.15) is 19.3 Å². The van der Waals surface area contributed by atoms with Crippen LogP contribution in [0.3, 0.4) is 0 Å². The monoisotopic (exact) mass is 177 g/mol. The van der Waals surface area contributed by atoms with Crippen molar-refractivity contribution in [3.8, 4) is 0 Å². The summed E-state index contributed by atoms with van der Waals surface area (Å²) in [5.74, 6) is 0. The molecule has 0 amide bonds. The minimum absolute atomic E-state index is 1.11. The summed E-state index contributed by atoms with van der Waals surface area (Å²) in [5, 5.41) is 0. The van der Waals surface area contributed by atoms with Gasteiger partial charge in [-0.3, -0.25) is 0 Å². The molecule has 1 aliphatic heterocycles. The van der Waals surface area contributed by atoms with Crippen LogP contribution >= 0.6 is 0 Å². The Morgan fingerprint density at radius 1 is 1.23 bits per heavy atom. The van der Waals surface area contributed by atoms with Crippen LogP contribution in [-0.2, 0) is 0 Å². The van der Waals surface area contributed by atoms with Gasteiger partial charge in [0.2, 0.25) is 0 Å². The topological polar surface area (TPSA) is 3.24 Å². The number of nitrogens with zero attached hydrogens (tertiary/aromatic N) is 1. The lowest BCUT2D eigenvalue weighted by atomic mass is 10.1. The summed E-state index contributed by atoms with van der Waals surface area (Å²) in [7, 11) is 0. The van der Waals surface area contributed by atoms with Gasteiger partial charge in [-0.1, -0.05) is 31.4 Å². The van der Waals surface area contributed by atoms with Crippen LogP contribution < -0.4 is 0 Å². The van der Waals surface area contributed by atoms with Crippen molar-refractivity contribution in [2.75, 3.05) is 19.6 Å². The summed E-state index contributed by atoms with van der Waals surface area (Å²) in [6.45, 7) is 11.2. The first kappa shape index (κ1) is 10.3. The third-order valence-electron chi connectivity index (χ3n) is 2.51. The number of allylic oxidation sites excluding steroid dienone is 3. The molecule has 1 fully saturated rings. The largest absolute Gasteiger partial charge is 0.303 e. The van der Waals surface area contributed by atoms with E-state index in [1.807, 2.05) is 18.2 Å². The Labute approximate surface area is 81.4 Å². The summed E-state index contributed by atoms with van der Waals surface area (Å²) >= 11 is 0. The van der Waals surface area contributed by atoms with Crippen LogP contribution in [-0.4, -0.2) is 24.5 Å². The van der Waals surface area contributed by atoms with E-state index in [2.05, 4.69) is 18.1 Å². The second kappa shape index (κ2) is 5.76. The van der Waals surface area contributed by atoms with E-state index in [9.17, 15) is 0 Å². The van der Waals surface area contributed by atoms with Crippen molar-refractivity contribution in [2.45, 2.75) is 19.3 Å². The molecule has 0 bridgehead atoms. The molecule has 0 aromatic heterocycles. The summed E-state index contributed by atoms with van der Waals surface area (Å²) in [6, 6.07) is 0. The van der Waals surface area contributed by atoms with E-state index >= 15 is 0 Å². The highest BCUT2D eigenvalue weighted by molar-refractivity contribution is 5.21. The highest BCUT2D eigenvalue weighted by Crippen LogP contribution is 2.10.